The lowest BCUT2D eigenvalue weighted by Gasteiger charge is -2.36. The first-order chi connectivity index (χ1) is 12.3. The Bertz CT molecular complexity index is 679. The van der Waals surface area contributed by atoms with Gasteiger partial charge in [-0.05, 0) is 24.5 Å². The predicted octanol–water partition coefficient (Wildman–Crippen LogP) is 1.16. The summed E-state index contributed by atoms with van der Waals surface area (Å²) in [6, 6.07) is 1.84. The molecule has 0 bridgehead atoms. The van der Waals surface area contributed by atoms with E-state index in [1.54, 1.807) is 12.4 Å². The molecular weight excluding hydrogens is 443 g/mol. The third-order valence-electron chi connectivity index (χ3n) is 4.31. The van der Waals surface area contributed by atoms with Gasteiger partial charge in [0.2, 0.25) is 5.95 Å². The van der Waals surface area contributed by atoms with Crippen LogP contribution in [0.1, 0.15) is 12.0 Å². The van der Waals surface area contributed by atoms with Gasteiger partial charge in [0.1, 0.15) is 0 Å². The van der Waals surface area contributed by atoms with Crippen molar-refractivity contribution in [2.75, 3.05) is 44.7 Å². The summed E-state index contributed by atoms with van der Waals surface area (Å²) in [6.07, 6.45) is 9.66. The topological polar surface area (TPSA) is 74.5 Å². The van der Waals surface area contributed by atoms with E-state index in [0.717, 1.165) is 57.5 Å². The average molecular weight is 470 g/mol. The van der Waals surface area contributed by atoms with Crippen LogP contribution in [0.5, 0.6) is 0 Å². The minimum absolute atomic E-state index is 0. The Hall–Kier alpha value is -1.91. The van der Waals surface area contributed by atoms with Crippen molar-refractivity contribution in [3.8, 4) is 0 Å². The van der Waals surface area contributed by atoms with Gasteiger partial charge < -0.3 is 15.1 Å². The zero-order chi connectivity index (χ0) is 17.5. The molecule has 8 nitrogen and oxygen atoms in total. The number of piperazine rings is 1. The average Bonchev–Trinajstić information content (AvgIpc) is 3.08. The predicted molar refractivity (Wildman–Crippen MR) is 114 cm³/mol. The molecule has 0 aromatic carbocycles. The van der Waals surface area contributed by atoms with Crippen LogP contribution in [0.25, 0.3) is 0 Å². The number of anilines is 1. The minimum Gasteiger partial charge on any atom is -0.356 e. The van der Waals surface area contributed by atoms with E-state index in [-0.39, 0.29) is 24.0 Å². The summed E-state index contributed by atoms with van der Waals surface area (Å²) in [5, 5.41) is 7.67. The first-order valence-electron chi connectivity index (χ1n) is 8.71. The van der Waals surface area contributed by atoms with E-state index in [1.807, 2.05) is 31.0 Å². The maximum Gasteiger partial charge on any atom is 0.225 e. The molecule has 1 aliphatic rings. The molecule has 2 aromatic heterocycles. The van der Waals surface area contributed by atoms with E-state index in [9.17, 15) is 0 Å². The summed E-state index contributed by atoms with van der Waals surface area (Å²) in [7, 11) is 3.79. The highest BCUT2D eigenvalue weighted by molar-refractivity contribution is 14.0. The molecule has 0 amide bonds. The van der Waals surface area contributed by atoms with Crippen LogP contribution in [0, 0.1) is 0 Å². The Morgan fingerprint density at radius 3 is 2.54 bits per heavy atom. The Morgan fingerprint density at radius 1 is 1.19 bits per heavy atom. The van der Waals surface area contributed by atoms with E-state index >= 15 is 0 Å². The first kappa shape index (κ1) is 20.4. The summed E-state index contributed by atoms with van der Waals surface area (Å²) in [4.78, 5) is 17.6. The van der Waals surface area contributed by atoms with E-state index in [0.29, 0.717) is 0 Å². The number of aryl methyl sites for hydroxylation is 2. The van der Waals surface area contributed by atoms with Crippen molar-refractivity contribution in [3.05, 3.63) is 36.4 Å². The van der Waals surface area contributed by atoms with E-state index < -0.39 is 0 Å². The normalized spacial score (nSPS) is 14.9. The number of nitrogens with zero attached hydrogens (tertiary/aromatic N) is 7. The number of guanidine groups is 1. The summed E-state index contributed by atoms with van der Waals surface area (Å²) in [5.74, 6) is 1.78. The molecule has 1 N–H and O–H groups in total. The highest BCUT2D eigenvalue weighted by atomic mass is 127. The highest BCUT2D eigenvalue weighted by Gasteiger charge is 2.20. The molecule has 3 heterocycles. The number of halogens is 1. The van der Waals surface area contributed by atoms with Crippen molar-refractivity contribution >= 4 is 35.9 Å². The van der Waals surface area contributed by atoms with Gasteiger partial charge in [-0.25, -0.2) is 9.97 Å². The Balaban J connectivity index is 0.00000243. The van der Waals surface area contributed by atoms with Gasteiger partial charge in [0, 0.05) is 65.4 Å². The lowest BCUT2D eigenvalue weighted by molar-refractivity contribution is 0.370. The summed E-state index contributed by atoms with van der Waals surface area (Å²) >= 11 is 0. The summed E-state index contributed by atoms with van der Waals surface area (Å²) < 4.78 is 1.84. The fourth-order valence-corrected chi connectivity index (χ4v) is 3.00. The second kappa shape index (κ2) is 10.3. The Labute approximate surface area is 171 Å². The van der Waals surface area contributed by atoms with Crippen LogP contribution < -0.4 is 10.2 Å². The lowest BCUT2D eigenvalue weighted by Crippen LogP contribution is -2.53. The standard InChI is InChI=1S/C17H26N8.HI/c1-18-16(19-6-3-5-15-13-22-23(2)14-15)24-9-11-25(12-10-24)17-20-7-4-8-21-17;/h4,7-8,13-14H,3,5-6,9-12H2,1-2H3,(H,18,19);1H. The third kappa shape index (κ3) is 5.55. The van der Waals surface area contributed by atoms with Gasteiger partial charge >= 0.3 is 0 Å². The monoisotopic (exact) mass is 470 g/mol. The quantitative estimate of drug-likeness (QED) is 0.306. The molecule has 9 heteroatoms. The van der Waals surface area contributed by atoms with Gasteiger partial charge in [-0.2, -0.15) is 5.10 Å². The number of hydrogen-bond donors (Lipinski definition) is 1. The number of aromatic nitrogens is 4. The van der Waals surface area contributed by atoms with Gasteiger partial charge in [0.25, 0.3) is 0 Å². The van der Waals surface area contributed by atoms with Crippen molar-refractivity contribution in [2.45, 2.75) is 12.8 Å². The molecule has 2 aromatic rings. The molecular formula is C17H27IN8. The molecule has 0 saturated carbocycles. The van der Waals surface area contributed by atoms with Crippen molar-refractivity contribution in [1.82, 2.24) is 30.0 Å². The van der Waals surface area contributed by atoms with Gasteiger partial charge in [0.05, 0.1) is 6.20 Å². The maximum absolute atomic E-state index is 4.42. The van der Waals surface area contributed by atoms with Crippen LogP contribution in [0.3, 0.4) is 0 Å². The fourth-order valence-electron chi connectivity index (χ4n) is 3.00. The molecule has 142 valence electrons. The van der Waals surface area contributed by atoms with Crippen LogP contribution in [0.4, 0.5) is 5.95 Å². The second-order valence-electron chi connectivity index (χ2n) is 6.12. The van der Waals surface area contributed by atoms with Crippen molar-refractivity contribution < 1.29 is 0 Å². The minimum atomic E-state index is 0. The van der Waals surface area contributed by atoms with E-state index in [1.165, 1.54) is 5.56 Å². The molecule has 0 aliphatic carbocycles. The largest absolute Gasteiger partial charge is 0.356 e. The smallest absolute Gasteiger partial charge is 0.225 e. The Kier molecular flexibility index (Phi) is 8.07. The van der Waals surface area contributed by atoms with E-state index in [4.69, 9.17) is 0 Å². The van der Waals surface area contributed by atoms with Gasteiger partial charge in [-0.15, -0.1) is 24.0 Å². The fraction of sp³-hybridized carbons (Fsp3) is 0.529. The zero-order valence-corrected chi connectivity index (χ0v) is 17.7. The van der Waals surface area contributed by atoms with Crippen molar-refractivity contribution in [3.63, 3.8) is 0 Å². The maximum atomic E-state index is 4.42. The van der Waals surface area contributed by atoms with Crippen LogP contribution >= 0.6 is 24.0 Å². The van der Waals surface area contributed by atoms with Crippen molar-refractivity contribution in [1.29, 1.82) is 0 Å². The first-order valence-corrected chi connectivity index (χ1v) is 8.71. The number of aliphatic imine (C=N–C) groups is 1. The molecule has 26 heavy (non-hydrogen) atoms. The zero-order valence-electron chi connectivity index (χ0n) is 15.4. The highest BCUT2D eigenvalue weighted by Crippen LogP contribution is 2.09. The van der Waals surface area contributed by atoms with Gasteiger partial charge in [0.15, 0.2) is 5.96 Å². The molecule has 0 atom stereocenters. The van der Waals surface area contributed by atoms with Crippen LogP contribution in [-0.2, 0) is 13.5 Å². The summed E-state index contributed by atoms with van der Waals surface area (Å²) in [5.41, 5.74) is 1.27. The molecule has 1 aliphatic heterocycles. The molecule has 0 spiro atoms. The number of rotatable bonds is 5. The third-order valence-corrected chi connectivity index (χ3v) is 4.31. The molecule has 0 radical (unpaired) electrons. The van der Waals surface area contributed by atoms with Crippen LogP contribution in [0.15, 0.2) is 35.8 Å². The lowest BCUT2D eigenvalue weighted by atomic mass is 10.2. The van der Waals surface area contributed by atoms with Gasteiger partial charge in [-0.1, -0.05) is 0 Å². The van der Waals surface area contributed by atoms with Crippen LogP contribution in [-0.4, -0.2) is 70.4 Å². The second-order valence-corrected chi connectivity index (χ2v) is 6.12. The molecule has 0 unspecified atom stereocenters. The van der Waals surface area contributed by atoms with Crippen LogP contribution in [0.2, 0.25) is 0 Å². The molecule has 1 saturated heterocycles. The van der Waals surface area contributed by atoms with E-state index in [2.05, 4.69) is 41.4 Å². The Morgan fingerprint density at radius 2 is 1.92 bits per heavy atom. The van der Waals surface area contributed by atoms with Gasteiger partial charge in [-0.3, -0.25) is 9.67 Å². The molecule has 1 fully saturated rings. The molecule has 3 rings (SSSR count). The number of nitrogens with one attached hydrogen (secondary N) is 1. The van der Waals surface area contributed by atoms with Crippen molar-refractivity contribution in [2.24, 2.45) is 12.0 Å². The summed E-state index contributed by atoms with van der Waals surface area (Å²) in [6.45, 7) is 4.55. The SMILES string of the molecule is CN=C(NCCCc1cnn(C)c1)N1CCN(c2ncccn2)CC1.I. The number of hydrogen-bond acceptors (Lipinski definition) is 5.